The van der Waals surface area contributed by atoms with Gasteiger partial charge in [-0.2, -0.15) is 4.31 Å². The summed E-state index contributed by atoms with van der Waals surface area (Å²) in [6.07, 6.45) is 3.03. The Morgan fingerprint density at radius 2 is 1.68 bits per heavy atom. The largest absolute Gasteiger partial charge is 0.496 e. The Bertz CT molecular complexity index is 1010. The van der Waals surface area contributed by atoms with Crippen LogP contribution in [0.4, 0.5) is 0 Å². The van der Waals surface area contributed by atoms with Crippen molar-refractivity contribution >= 4 is 22.0 Å². The number of methoxy groups -OCH3 is 2. The van der Waals surface area contributed by atoms with E-state index in [1.807, 2.05) is 0 Å². The highest BCUT2D eigenvalue weighted by molar-refractivity contribution is 7.89. The Kier molecular flexibility index (Phi) is 7.67. The first-order valence-electron chi connectivity index (χ1n) is 9.79. The Labute approximate surface area is 182 Å². The molecule has 9 heteroatoms. The van der Waals surface area contributed by atoms with Crippen LogP contribution in [-0.2, 0) is 26.1 Å². The molecule has 0 spiro atoms. The molecule has 0 bridgehead atoms. The van der Waals surface area contributed by atoms with E-state index in [9.17, 15) is 13.2 Å². The van der Waals surface area contributed by atoms with E-state index in [1.165, 1.54) is 10.4 Å². The molecule has 1 aliphatic heterocycles. The minimum Gasteiger partial charge on any atom is -0.496 e. The molecule has 0 atom stereocenters. The second-order valence-corrected chi connectivity index (χ2v) is 8.73. The molecule has 1 amide bonds. The lowest BCUT2D eigenvalue weighted by Gasteiger charge is -2.26. The first-order chi connectivity index (χ1) is 15.0. The highest BCUT2D eigenvalue weighted by atomic mass is 32.2. The van der Waals surface area contributed by atoms with Crippen LogP contribution >= 0.6 is 0 Å². The van der Waals surface area contributed by atoms with E-state index < -0.39 is 10.0 Å². The molecule has 0 unspecified atom stereocenters. The first kappa shape index (κ1) is 22.8. The number of benzene rings is 2. The van der Waals surface area contributed by atoms with Gasteiger partial charge in [0.25, 0.3) is 0 Å². The van der Waals surface area contributed by atoms with Crippen LogP contribution in [-0.4, -0.2) is 59.2 Å². The molecule has 1 N–H and O–H groups in total. The van der Waals surface area contributed by atoms with Gasteiger partial charge < -0.3 is 19.5 Å². The lowest BCUT2D eigenvalue weighted by atomic mass is 10.1. The van der Waals surface area contributed by atoms with Crippen molar-refractivity contribution in [3.8, 4) is 11.5 Å². The van der Waals surface area contributed by atoms with Crippen LogP contribution in [0.1, 0.15) is 11.1 Å². The molecule has 1 saturated heterocycles. The Balaban J connectivity index is 1.60. The van der Waals surface area contributed by atoms with Gasteiger partial charge in [0.15, 0.2) is 0 Å². The number of hydrogen-bond donors (Lipinski definition) is 1. The average Bonchev–Trinajstić information content (AvgIpc) is 2.81. The molecule has 1 aliphatic rings. The Morgan fingerprint density at radius 1 is 1.06 bits per heavy atom. The monoisotopic (exact) mass is 446 g/mol. The smallest absolute Gasteiger partial charge is 0.244 e. The van der Waals surface area contributed by atoms with Gasteiger partial charge in [0, 0.05) is 25.7 Å². The van der Waals surface area contributed by atoms with Crippen LogP contribution in [0, 0.1) is 0 Å². The molecule has 0 aliphatic carbocycles. The fourth-order valence-electron chi connectivity index (χ4n) is 3.17. The zero-order chi connectivity index (χ0) is 22.3. The van der Waals surface area contributed by atoms with Gasteiger partial charge in [-0.25, -0.2) is 8.42 Å². The van der Waals surface area contributed by atoms with Crippen LogP contribution in [0.3, 0.4) is 0 Å². The second kappa shape index (κ2) is 10.4. The maximum atomic E-state index is 12.7. The van der Waals surface area contributed by atoms with E-state index in [0.29, 0.717) is 43.4 Å². The molecule has 0 radical (unpaired) electrons. The molecule has 2 aromatic rings. The topological polar surface area (TPSA) is 94.2 Å². The summed E-state index contributed by atoms with van der Waals surface area (Å²) in [5, 5.41) is 2.78. The number of carbonyl (C=O) groups excluding carboxylic acids is 1. The van der Waals surface area contributed by atoms with Gasteiger partial charge >= 0.3 is 0 Å². The summed E-state index contributed by atoms with van der Waals surface area (Å²) in [6.45, 7) is 1.77. The van der Waals surface area contributed by atoms with Crippen LogP contribution < -0.4 is 14.8 Å². The van der Waals surface area contributed by atoms with Gasteiger partial charge in [0.2, 0.25) is 15.9 Å². The summed E-state index contributed by atoms with van der Waals surface area (Å²) in [6, 6.07) is 11.9. The van der Waals surface area contributed by atoms with Gasteiger partial charge in [0.1, 0.15) is 11.5 Å². The molecule has 0 saturated carbocycles. The molecule has 0 aromatic heterocycles. The second-order valence-electron chi connectivity index (χ2n) is 6.79. The molecule has 1 fully saturated rings. The van der Waals surface area contributed by atoms with Gasteiger partial charge in [-0.15, -0.1) is 0 Å². The van der Waals surface area contributed by atoms with E-state index in [2.05, 4.69) is 5.32 Å². The summed E-state index contributed by atoms with van der Waals surface area (Å²) >= 11 is 0. The number of carbonyl (C=O) groups is 1. The minimum absolute atomic E-state index is 0.229. The number of hydrogen-bond acceptors (Lipinski definition) is 6. The maximum Gasteiger partial charge on any atom is 0.244 e. The average molecular weight is 447 g/mol. The third-order valence-electron chi connectivity index (χ3n) is 4.87. The third-order valence-corrected chi connectivity index (χ3v) is 6.78. The highest BCUT2D eigenvalue weighted by Crippen LogP contribution is 2.29. The van der Waals surface area contributed by atoms with Gasteiger partial charge in [-0.1, -0.05) is 18.2 Å². The summed E-state index contributed by atoms with van der Waals surface area (Å²) in [7, 11) is -0.430. The molecule has 31 heavy (non-hydrogen) atoms. The van der Waals surface area contributed by atoms with Crippen molar-refractivity contribution in [1.82, 2.24) is 9.62 Å². The van der Waals surface area contributed by atoms with Crippen molar-refractivity contribution in [3.05, 3.63) is 59.7 Å². The molecule has 8 nitrogen and oxygen atoms in total. The summed E-state index contributed by atoms with van der Waals surface area (Å²) < 4.78 is 42.6. The Hall–Kier alpha value is -2.88. The third kappa shape index (κ3) is 5.63. The van der Waals surface area contributed by atoms with Crippen molar-refractivity contribution in [1.29, 1.82) is 0 Å². The molecule has 3 rings (SSSR count). The quantitative estimate of drug-likeness (QED) is 0.624. The lowest BCUT2D eigenvalue weighted by molar-refractivity contribution is -0.116. The molecular formula is C22H26N2O6S. The number of morpholine rings is 1. The van der Waals surface area contributed by atoms with E-state index in [4.69, 9.17) is 14.2 Å². The number of rotatable bonds is 8. The normalized spacial score (nSPS) is 15.0. The fraction of sp³-hybridized carbons (Fsp3) is 0.318. The van der Waals surface area contributed by atoms with Crippen molar-refractivity contribution in [2.24, 2.45) is 0 Å². The van der Waals surface area contributed by atoms with Crippen molar-refractivity contribution in [2.45, 2.75) is 11.4 Å². The van der Waals surface area contributed by atoms with Crippen molar-refractivity contribution in [2.75, 3.05) is 40.5 Å². The molecule has 166 valence electrons. The predicted molar refractivity (Wildman–Crippen MR) is 116 cm³/mol. The van der Waals surface area contributed by atoms with E-state index >= 15 is 0 Å². The lowest BCUT2D eigenvalue weighted by Crippen LogP contribution is -2.40. The van der Waals surface area contributed by atoms with E-state index in [0.717, 1.165) is 5.56 Å². The number of ether oxygens (including phenoxy) is 3. The van der Waals surface area contributed by atoms with Gasteiger partial charge in [0.05, 0.1) is 37.9 Å². The summed E-state index contributed by atoms with van der Waals surface area (Å²) in [5.74, 6) is 0.902. The highest BCUT2D eigenvalue weighted by Gasteiger charge is 2.26. The van der Waals surface area contributed by atoms with Crippen LogP contribution in [0.25, 0.3) is 6.08 Å². The molecule has 2 aromatic carbocycles. The van der Waals surface area contributed by atoms with Crippen molar-refractivity contribution < 1.29 is 27.4 Å². The van der Waals surface area contributed by atoms with Gasteiger partial charge in [-0.3, -0.25) is 4.79 Å². The summed E-state index contributed by atoms with van der Waals surface area (Å²) in [5.41, 5.74) is 1.46. The number of nitrogens with one attached hydrogen (secondary N) is 1. The zero-order valence-electron chi connectivity index (χ0n) is 17.5. The van der Waals surface area contributed by atoms with Gasteiger partial charge in [-0.05, 0) is 35.9 Å². The maximum absolute atomic E-state index is 12.7. The first-order valence-corrected chi connectivity index (χ1v) is 11.2. The number of amides is 1. The standard InChI is InChI=1S/C22H26N2O6S/c1-28-20-4-3-5-21(29-2)19(20)10-11-22(25)23-16-17-6-8-18(9-7-17)31(26,27)24-12-14-30-15-13-24/h3-11H,12-16H2,1-2H3,(H,23,25)/b11-10+. The minimum atomic E-state index is -3.53. The Morgan fingerprint density at radius 3 is 2.26 bits per heavy atom. The number of nitrogens with zero attached hydrogens (tertiary/aromatic N) is 1. The van der Waals surface area contributed by atoms with Crippen LogP contribution in [0.2, 0.25) is 0 Å². The SMILES string of the molecule is COc1cccc(OC)c1/C=C/C(=O)NCc1ccc(S(=O)(=O)N2CCOCC2)cc1. The van der Waals surface area contributed by atoms with Crippen LogP contribution in [0.15, 0.2) is 53.4 Å². The zero-order valence-corrected chi connectivity index (χ0v) is 18.4. The van der Waals surface area contributed by atoms with Crippen LogP contribution in [0.5, 0.6) is 11.5 Å². The molecule has 1 heterocycles. The summed E-state index contributed by atoms with van der Waals surface area (Å²) in [4.78, 5) is 12.5. The van der Waals surface area contributed by atoms with E-state index in [-0.39, 0.29) is 17.3 Å². The predicted octanol–water partition coefficient (Wildman–Crippen LogP) is 2.05. The van der Waals surface area contributed by atoms with E-state index in [1.54, 1.807) is 62.8 Å². The fourth-order valence-corrected chi connectivity index (χ4v) is 4.57. The molecular weight excluding hydrogens is 420 g/mol. The van der Waals surface area contributed by atoms with Crippen molar-refractivity contribution in [3.63, 3.8) is 0 Å². The number of sulfonamides is 1.